The van der Waals surface area contributed by atoms with E-state index in [-0.39, 0.29) is 52.8 Å². The van der Waals surface area contributed by atoms with Crippen LogP contribution in [0.25, 0.3) is 0 Å². The fraction of sp³-hybridized carbons (Fsp3) is 0.300. The standard InChI is InChI=1S/C20H16O5/c21-11-5-1-3-8-14-10(7-13(23)15(8)11)18-19(24)16-9(17(14)20(18)25)4-2-6-12(16)22/h1-6,10,14,17-18,20-22,25H,7H2/t10-,14+,17+,18+,20-/m0/s1. The lowest BCUT2D eigenvalue weighted by atomic mass is 9.71. The number of hydrogen-bond acceptors (Lipinski definition) is 5. The van der Waals surface area contributed by atoms with Gasteiger partial charge in [0, 0.05) is 12.3 Å². The summed E-state index contributed by atoms with van der Waals surface area (Å²) in [5.41, 5.74) is 1.89. The van der Waals surface area contributed by atoms with Crippen LogP contribution in [-0.2, 0) is 0 Å². The van der Waals surface area contributed by atoms with Crippen LogP contribution in [0.15, 0.2) is 36.4 Å². The van der Waals surface area contributed by atoms with Crippen LogP contribution < -0.4 is 0 Å². The van der Waals surface area contributed by atoms with E-state index >= 15 is 0 Å². The van der Waals surface area contributed by atoms with Crippen molar-refractivity contribution in [2.75, 3.05) is 0 Å². The second-order valence-corrected chi connectivity index (χ2v) is 7.21. The summed E-state index contributed by atoms with van der Waals surface area (Å²) < 4.78 is 0. The van der Waals surface area contributed by atoms with Crippen LogP contribution in [0.2, 0.25) is 0 Å². The number of carbonyl (C=O) groups excluding carboxylic acids is 2. The molecule has 0 saturated heterocycles. The lowest BCUT2D eigenvalue weighted by Crippen LogP contribution is -2.35. The maximum atomic E-state index is 13.0. The zero-order chi connectivity index (χ0) is 17.5. The van der Waals surface area contributed by atoms with Gasteiger partial charge in [-0.25, -0.2) is 0 Å². The Bertz CT molecular complexity index is 947. The molecule has 0 aliphatic heterocycles. The number of hydrogen-bond donors (Lipinski definition) is 3. The number of aliphatic hydroxyl groups excluding tert-OH is 1. The summed E-state index contributed by atoms with van der Waals surface area (Å²) in [6.45, 7) is 0. The van der Waals surface area contributed by atoms with E-state index in [1.807, 2.05) is 0 Å². The molecule has 0 unspecified atom stereocenters. The van der Waals surface area contributed by atoms with Crippen molar-refractivity contribution in [2.24, 2.45) is 11.8 Å². The van der Waals surface area contributed by atoms with Crippen molar-refractivity contribution in [3.8, 4) is 11.5 Å². The predicted molar refractivity (Wildman–Crippen MR) is 88.0 cm³/mol. The summed E-state index contributed by atoms with van der Waals surface area (Å²) in [6, 6.07) is 9.87. The van der Waals surface area contributed by atoms with Crippen molar-refractivity contribution in [2.45, 2.75) is 24.4 Å². The summed E-state index contributed by atoms with van der Waals surface area (Å²) in [5.74, 6) is -2.24. The Morgan fingerprint density at radius 1 is 0.800 bits per heavy atom. The molecule has 0 aromatic heterocycles. The second kappa shape index (κ2) is 4.70. The zero-order valence-corrected chi connectivity index (χ0v) is 13.2. The van der Waals surface area contributed by atoms with Gasteiger partial charge < -0.3 is 15.3 Å². The van der Waals surface area contributed by atoms with E-state index in [9.17, 15) is 24.9 Å². The first-order valence-electron chi connectivity index (χ1n) is 8.40. The third-order valence-electron chi connectivity index (χ3n) is 6.16. The van der Waals surface area contributed by atoms with E-state index in [0.717, 1.165) is 0 Å². The number of phenols is 2. The zero-order valence-electron chi connectivity index (χ0n) is 13.2. The van der Waals surface area contributed by atoms with Gasteiger partial charge in [0.05, 0.1) is 23.1 Å². The van der Waals surface area contributed by atoms with E-state index in [1.54, 1.807) is 24.3 Å². The molecule has 0 heterocycles. The molecule has 5 nitrogen and oxygen atoms in total. The minimum Gasteiger partial charge on any atom is -0.507 e. The van der Waals surface area contributed by atoms with Crippen molar-refractivity contribution in [1.29, 1.82) is 0 Å². The number of fused-ring (bicyclic) bond motifs is 9. The predicted octanol–water partition coefficient (Wildman–Crippen LogP) is 2.35. The molecule has 0 radical (unpaired) electrons. The Morgan fingerprint density at radius 2 is 1.40 bits per heavy atom. The van der Waals surface area contributed by atoms with E-state index in [1.165, 1.54) is 12.1 Å². The van der Waals surface area contributed by atoms with E-state index in [4.69, 9.17) is 0 Å². The van der Waals surface area contributed by atoms with Gasteiger partial charge in [-0.1, -0.05) is 24.3 Å². The summed E-state index contributed by atoms with van der Waals surface area (Å²) >= 11 is 0. The molecule has 2 aromatic carbocycles. The molecule has 25 heavy (non-hydrogen) atoms. The van der Waals surface area contributed by atoms with Crippen LogP contribution in [0, 0.1) is 11.8 Å². The number of rotatable bonds is 0. The number of Topliss-reactive ketones (excluding diaryl/α,β-unsaturated/α-hetero) is 2. The van der Waals surface area contributed by atoms with Crippen LogP contribution in [0.5, 0.6) is 11.5 Å². The molecule has 5 rings (SSSR count). The first-order valence-corrected chi connectivity index (χ1v) is 8.40. The molecule has 126 valence electrons. The Hall–Kier alpha value is -2.66. The SMILES string of the molecule is O=C1C[C@@H]2[C@@H]3C(=O)c4c(O)cccc4[C@@H]([C@@H]3O)[C@@H]2c2cccc(O)c21. The van der Waals surface area contributed by atoms with Gasteiger partial charge in [0.15, 0.2) is 11.6 Å². The lowest BCUT2D eigenvalue weighted by molar-refractivity contribution is 0.0610. The number of ketones is 2. The average molecular weight is 336 g/mol. The Labute approximate surface area is 143 Å². The second-order valence-electron chi connectivity index (χ2n) is 7.21. The maximum absolute atomic E-state index is 13.0. The Balaban J connectivity index is 1.80. The van der Waals surface area contributed by atoms with Crippen molar-refractivity contribution in [3.63, 3.8) is 0 Å². The number of aromatic hydroxyl groups is 2. The molecule has 3 aliphatic rings. The maximum Gasteiger partial charge on any atom is 0.172 e. The number of aliphatic hydroxyl groups is 1. The number of phenolic OH excluding ortho intramolecular Hbond substituents is 2. The summed E-state index contributed by atoms with van der Waals surface area (Å²) in [7, 11) is 0. The van der Waals surface area contributed by atoms with Crippen LogP contribution in [0.1, 0.15) is 50.1 Å². The highest BCUT2D eigenvalue weighted by Gasteiger charge is 2.60. The Kier molecular flexibility index (Phi) is 2.76. The largest absolute Gasteiger partial charge is 0.507 e. The topological polar surface area (TPSA) is 94.8 Å². The molecular weight excluding hydrogens is 320 g/mol. The summed E-state index contributed by atoms with van der Waals surface area (Å²) in [4.78, 5) is 25.6. The molecule has 1 fully saturated rings. The van der Waals surface area contributed by atoms with Crippen molar-refractivity contribution >= 4 is 11.6 Å². The van der Waals surface area contributed by atoms with Crippen LogP contribution in [-0.4, -0.2) is 33.0 Å². The van der Waals surface area contributed by atoms with E-state index in [2.05, 4.69) is 0 Å². The third kappa shape index (κ3) is 1.66. The minimum absolute atomic E-state index is 0.0562. The Morgan fingerprint density at radius 3 is 2.08 bits per heavy atom. The van der Waals surface area contributed by atoms with E-state index in [0.29, 0.717) is 16.7 Å². The lowest BCUT2D eigenvalue weighted by Gasteiger charge is -2.31. The molecule has 1 saturated carbocycles. The third-order valence-corrected chi connectivity index (χ3v) is 6.16. The van der Waals surface area contributed by atoms with Crippen molar-refractivity contribution < 1.29 is 24.9 Å². The van der Waals surface area contributed by atoms with Gasteiger partial charge in [-0.2, -0.15) is 0 Å². The van der Waals surface area contributed by atoms with Gasteiger partial charge in [-0.05, 0) is 35.1 Å². The summed E-state index contributed by atoms with van der Waals surface area (Å²) in [5, 5.41) is 31.2. The molecule has 3 aliphatic carbocycles. The van der Waals surface area contributed by atoms with Crippen molar-refractivity contribution in [1.82, 2.24) is 0 Å². The van der Waals surface area contributed by atoms with E-state index < -0.39 is 12.0 Å². The molecule has 2 bridgehead atoms. The number of benzene rings is 2. The van der Waals surface area contributed by atoms with Gasteiger partial charge in [0.25, 0.3) is 0 Å². The fourth-order valence-corrected chi connectivity index (χ4v) is 5.31. The molecule has 5 atom stereocenters. The van der Waals surface area contributed by atoms with Gasteiger partial charge in [-0.3, -0.25) is 9.59 Å². The minimum atomic E-state index is -0.891. The quantitative estimate of drug-likeness (QED) is 0.686. The van der Waals surface area contributed by atoms with Gasteiger partial charge in [-0.15, -0.1) is 0 Å². The highest BCUT2D eigenvalue weighted by Crippen LogP contribution is 2.61. The van der Waals surface area contributed by atoms with Gasteiger partial charge in [0.2, 0.25) is 0 Å². The van der Waals surface area contributed by atoms with Crippen LogP contribution in [0.4, 0.5) is 0 Å². The molecular formula is C20H16O5. The molecule has 0 spiro atoms. The van der Waals surface area contributed by atoms with Crippen LogP contribution in [0.3, 0.4) is 0 Å². The fourth-order valence-electron chi connectivity index (χ4n) is 5.31. The smallest absolute Gasteiger partial charge is 0.172 e. The first kappa shape index (κ1) is 14.7. The molecule has 0 amide bonds. The molecule has 5 heteroatoms. The van der Waals surface area contributed by atoms with Crippen LogP contribution >= 0.6 is 0 Å². The van der Waals surface area contributed by atoms with Gasteiger partial charge >= 0.3 is 0 Å². The summed E-state index contributed by atoms with van der Waals surface area (Å²) in [6.07, 6.45) is -0.772. The monoisotopic (exact) mass is 336 g/mol. The van der Waals surface area contributed by atoms with Crippen molar-refractivity contribution in [3.05, 3.63) is 58.7 Å². The first-order chi connectivity index (χ1) is 12.0. The molecule has 3 N–H and O–H groups in total. The van der Waals surface area contributed by atoms with Gasteiger partial charge in [0.1, 0.15) is 11.5 Å². The highest BCUT2D eigenvalue weighted by atomic mass is 16.3. The number of carbonyl (C=O) groups is 2. The average Bonchev–Trinajstić information content (AvgIpc) is 2.79. The molecule has 2 aromatic rings. The highest BCUT2D eigenvalue weighted by molar-refractivity contribution is 6.07. The normalized spacial score (nSPS) is 32.1.